The maximum Gasteiger partial charge on any atom is 0.258 e. The van der Waals surface area contributed by atoms with Crippen LogP contribution in [0.3, 0.4) is 0 Å². The molecule has 4 aliphatic rings. The topological polar surface area (TPSA) is 41.1 Å². The Morgan fingerprint density at radius 2 is 1.81 bits per heavy atom. The van der Waals surface area contributed by atoms with Gasteiger partial charge in [0.2, 0.25) is 0 Å². The lowest BCUT2D eigenvalue weighted by molar-refractivity contribution is -0.0672. The molecule has 4 saturated carbocycles. The molecule has 1 amide bonds. The van der Waals surface area contributed by atoms with Crippen molar-refractivity contribution in [1.29, 1.82) is 0 Å². The molecule has 4 fully saturated rings. The Kier molecular flexibility index (Phi) is 5.08. The average Bonchev–Trinajstić information content (AvgIpc) is 2.55. The van der Waals surface area contributed by atoms with Crippen LogP contribution in [0, 0.1) is 23.2 Å². The summed E-state index contributed by atoms with van der Waals surface area (Å²) >= 11 is 15.0. The number of rotatable bonds is 3. The highest BCUT2D eigenvalue weighted by molar-refractivity contribution is 9.10. The van der Waals surface area contributed by atoms with Gasteiger partial charge in [-0.25, -0.2) is 0 Å². The fraction of sp³-hybridized carbons (Fsp3) is 0.600. The Morgan fingerprint density at radius 1 is 1.23 bits per heavy atom. The fourth-order valence-corrected chi connectivity index (χ4v) is 6.77. The molecule has 0 aliphatic heterocycles. The molecule has 4 bridgehead atoms. The van der Waals surface area contributed by atoms with Crippen LogP contribution in [0.5, 0.6) is 0 Å². The second-order valence-electron chi connectivity index (χ2n) is 8.55. The molecule has 3 nitrogen and oxygen atoms in total. The van der Waals surface area contributed by atoms with Gasteiger partial charge in [-0.2, -0.15) is 0 Å². The number of thiocarbonyl (C=S) groups is 1. The van der Waals surface area contributed by atoms with Crippen molar-refractivity contribution in [2.24, 2.45) is 23.2 Å². The molecule has 2 N–H and O–H groups in total. The van der Waals surface area contributed by atoms with Crippen LogP contribution in [0.15, 0.2) is 22.7 Å². The smallest absolute Gasteiger partial charge is 0.258 e. The maximum absolute atomic E-state index is 12.5. The van der Waals surface area contributed by atoms with Crippen LogP contribution in [0.2, 0.25) is 5.02 Å². The van der Waals surface area contributed by atoms with E-state index < -0.39 is 0 Å². The summed E-state index contributed by atoms with van der Waals surface area (Å²) < 4.78 is 0.813. The third kappa shape index (κ3) is 3.55. The van der Waals surface area contributed by atoms with E-state index in [9.17, 15) is 4.79 Å². The lowest BCUT2D eigenvalue weighted by atomic mass is 9.48. The summed E-state index contributed by atoms with van der Waals surface area (Å²) in [6, 6.07) is 5.50. The number of hydrogen-bond donors (Lipinski definition) is 2. The first kappa shape index (κ1) is 18.7. The van der Waals surface area contributed by atoms with E-state index >= 15 is 0 Å². The van der Waals surface area contributed by atoms with Crippen LogP contribution < -0.4 is 10.6 Å². The van der Waals surface area contributed by atoms with Gasteiger partial charge in [0, 0.05) is 10.5 Å². The zero-order valence-corrected chi connectivity index (χ0v) is 18.0. The van der Waals surface area contributed by atoms with Crippen LogP contribution in [-0.4, -0.2) is 17.1 Å². The Morgan fingerprint density at radius 3 is 2.38 bits per heavy atom. The molecule has 140 valence electrons. The van der Waals surface area contributed by atoms with Gasteiger partial charge in [-0.15, -0.1) is 0 Å². The number of amides is 1. The minimum absolute atomic E-state index is 0.272. The molecule has 6 heteroatoms. The summed E-state index contributed by atoms with van der Waals surface area (Å²) in [5.74, 6) is 2.42. The molecular weight excluding hydrogens is 432 g/mol. The first-order valence-electron chi connectivity index (χ1n) is 9.41. The molecule has 0 heterocycles. The van der Waals surface area contributed by atoms with Crippen molar-refractivity contribution in [1.82, 2.24) is 10.6 Å². The van der Waals surface area contributed by atoms with Crippen LogP contribution in [0.4, 0.5) is 0 Å². The largest absolute Gasteiger partial charge is 0.359 e. The molecule has 4 aliphatic carbocycles. The van der Waals surface area contributed by atoms with Gasteiger partial charge in [-0.05, 0) is 99.0 Å². The van der Waals surface area contributed by atoms with Crippen molar-refractivity contribution < 1.29 is 4.79 Å². The molecule has 0 aromatic heterocycles. The second kappa shape index (κ2) is 7.06. The van der Waals surface area contributed by atoms with E-state index in [0.717, 1.165) is 22.2 Å². The zero-order valence-electron chi connectivity index (χ0n) is 14.9. The van der Waals surface area contributed by atoms with Crippen molar-refractivity contribution in [3.63, 3.8) is 0 Å². The Balaban J connectivity index is 1.40. The van der Waals surface area contributed by atoms with Gasteiger partial charge in [-0.3, -0.25) is 10.1 Å². The van der Waals surface area contributed by atoms with E-state index in [1.54, 1.807) is 12.1 Å². The highest BCUT2D eigenvalue weighted by Gasteiger charge is 2.53. The third-order valence-electron chi connectivity index (χ3n) is 6.75. The summed E-state index contributed by atoms with van der Waals surface area (Å²) in [4.78, 5) is 12.5. The molecule has 1 aromatic rings. The number of carbonyl (C=O) groups is 1. The van der Waals surface area contributed by atoms with Crippen molar-refractivity contribution in [2.75, 3.05) is 0 Å². The second-order valence-corrected chi connectivity index (χ2v) is 10.3. The van der Waals surface area contributed by atoms with Gasteiger partial charge >= 0.3 is 0 Å². The molecule has 0 radical (unpaired) electrons. The number of benzene rings is 1. The molecule has 0 spiro atoms. The lowest BCUT2D eigenvalue weighted by Gasteiger charge is -2.59. The Hall–Kier alpha value is -0.650. The van der Waals surface area contributed by atoms with E-state index in [-0.39, 0.29) is 11.9 Å². The molecule has 1 unspecified atom stereocenters. The van der Waals surface area contributed by atoms with Gasteiger partial charge in [0.25, 0.3) is 5.91 Å². The van der Waals surface area contributed by atoms with Crippen LogP contribution in [0.1, 0.15) is 55.8 Å². The molecule has 5 rings (SSSR count). The number of carbonyl (C=O) groups excluding carboxylic acids is 1. The predicted molar refractivity (Wildman–Crippen MR) is 112 cm³/mol. The quantitative estimate of drug-likeness (QED) is 0.607. The first-order chi connectivity index (χ1) is 12.3. The predicted octanol–water partition coefficient (Wildman–Crippen LogP) is 5.31. The van der Waals surface area contributed by atoms with E-state index in [1.165, 1.54) is 38.5 Å². The monoisotopic (exact) mass is 454 g/mol. The fourth-order valence-electron chi connectivity index (χ4n) is 5.94. The highest BCUT2D eigenvalue weighted by atomic mass is 79.9. The van der Waals surface area contributed by atoms with E-state index in [4.69, 9.17) is 23.8 Å². The van der Waals surface area contributed by atoms with Gasteiger partial charge in [0.05, 0.1) is 10.6 Å². The van der Waals surface area contributed by atoms with Gasteiger partial charge in [-0.1, -0.05) is 27.5 Å². The molecule has 1 atom stereocenters. The first-order valence-corrected chi connectivity index (χ1v) is 11.0. The highest BCUT2D eigenvalue weighted by Crippen LogP contribution is 2.61. The zero-order chi connectivity index (χ0) is 18.5. The summed E-state index contributed by atoms with van der Waals surface area (Å²) in [7, 11) is 0. The normalized spacial score (nSPS) is 33.0. The van der Waals surface area contributed by atoms with Gasteiger partial charge in [0.1, 0.15) is 0 Å². The summed E-state index contributed by atoms with van der Waals surface area (Å²) in [5.41, 5.74) is 0.768. The number of hydrogen-bond acceptors (Lipinski definition) is 2. The molecule has 1 aromatic carbocycles. The van der Waals surface area contributed by atoms with Crippen molar-refractivity contribution >= 4 is 50.8 Å². The average molecular weight is 456 g/mol. The van der Waals surface area contributed by atoms with Gasteiger partial charge in [0.15, 0.2) is 5.11 Å². The van der Waals surface area contributed by atoms with Crippen LogP contribution in [-0.2, 0) is 0 Å². The minimum atomic E-state index is -0.272. The number of halogens is 2. The third-order valence-corrected chi connectivity index (χ3v) is 7.79. The molecule has 0 saturated heterocycles. The van der Waals surface area contributed by atoms with Crippen molar-refractivity contribution in [2.45, 2.75) is 51.5 Å². The summed E-state index contributed by atoms with van der Waals surface area (Å²) in [6.45, 7) is 2.23. The van der Waals surface area contributed by atoms with Crippen molar-refractivity contribution in [3.8, 4) is 0 Å². The van der Waals surface area contributed by atoms with Gasteiger partial charge < -0.3 is 5.32 Å². The lowest BCUT2D eigenvalue weighted by Crippen LogP contribution is -2.57. The SMILES string of the molecule is CC(NC(=S)NC(=O)c1cc(Br)ccc1Cl)C12CC3CC(CC(C3)C1)C2. The Labute approximate surface area is 173 Å². The van der Waals surface area contributed by atoms with E-state index in [0.29, 0.717) is 21.1 Å². The number of nitrogens with one attached hydrogen (secondary N) is 2. The standard InChI is InChI=1S/C20H24BrClN2OS/c1-11(20-8-12-4-13(9-20)6-14(5-12)10-20)23-19(26)24-18(25)16-7-15(21)2-3-17(16)22/h2-3,7,11-14H,4-6,8-10H2,1H3,(H2,23,24,25,26). The maximum atomic E-state index is 12.5. The minimum Gasteiger partial charge on any atom is -0.359 e. The van der Waals surface area contributed by atoms with E-state index in [1.807, 2.05) is 6.07 Å². The molecular formula is C20H24BrClN2OS. The van der Waals surface area contributed by atoms with Crippen molar-refractivity contribution in [3.05, 3.63) is 33.3 Å². The Bertz CT molecular complexity index is 718. The van der Waals surface area contributed by atoms with Crippen LogP contribution in [0.25, 0.3) is 0 Å². The molecule has 26 heavy (non-hydrogen) atoms. The summed E-state index contributed by atoms with van der Waals surface area (Å²) in [6.07, 6.45) is 8.20. The summed E-state index contributed by atoms with van der Waals surface area (Å²) in [5, 5.41) is 7.04. The van der Waals surface area contributed by atoms with E-state index in [2.05, 4.69) is 33.5 Å². The van der Waals surface area contributed by atoms with Crippen LogP contribution >= 0.6 is 39.7 Å².